The molecule has 0 unspecified atom stereocenters. The zero-order valence-electron chi connectivity index (χ0n) is 26.1. The van der Waals surface area contributed by atoms with Gasteiger partial charge in [-0.25, -0.2) is 0 Å². The summed E-state index contributed by atoms with van der Waals surface area (Å²) in [6.45, 7) is 0. The molecule has 9 aromatic carbocycles. The first-order chi connectivity index (χ1) is 23.8. The van der Waals surface area contributed by atoms with E-state index in [0.29, 0.717) is 0 Å². The zero-order chi connectivity index (χ0) is 31.6. The molecule has 1 aromatic heterocycles. The second-order valence-corrected chi connectivity index (χ2v) is 12.5. The summed E-state index contributed by atoms with van der Waals surface area (Å²) in [5.74, 6) is 0. The average molecular weight is 612 g/mol. The van der Waals surface area contributed by atoms with Gasteiger partial charge in [0.25, 0.3) is 0 Å². The van der Waals surface area contributed by atoms with Gasteiger partial charge in [-0.15, -0.1) is 0 Å². The molecule has 2 nitrogen and oxygen atoms in total. The van der Waals surface area contributed by atoms with Crippen molar-refractivity contribution in [1.82, 2.24) is 0 Å². The van der Waals surface area contributed by atoms with Crippen LogP contribution in [0.25, 0.3) is 76.2 Å². The Morgan fingerprint density at radius 3 is 1.75 bits per heavy atom. The maximum Gasteiger partial charge on any atom is 0.159 e. The van der Waals surface area contributed by atoms with Crippen molar-refractivity contribution in [2.45, 2.75) is 0 Å². The van der Waals surface area contributed by atoms with E-state index in [1.165, 1.54) is 48.8 Å². The number of hydrogen-bond acceptors (Lipinski definition) is 2. The summed E-state index contributed by atoms with van der Waals surface area (Å²) in [6.07, 6.45) is 0. The van der Waals surface area contributed by atoms with Gasteiger partial charge in [0.1, 0.15) is 5.58 Å². The highest BCUT2D eigenvalue weighted by atomic mass is 16.3. The van der Waals surface area contributed by atoms with Gasteiger partial charge >= 0.3 is 0 Å². The Bertz CT molecular complexity index is 2830. The highest BCUT2D eigenvalue weighted by Crippen LogP contribution is 2.44. The molecular formula is C46H29NO. The van der Waals surface area contributed by atoms with Gasteiger partial charge in [0, 0.05) is 27.5 Å². The van der Waals surface area contributed by atoms with E-state index in [1.54, 1.807) is 0 Å². The van der Waals surface area contributed by atoms with Gasteiger partial charge in [-0.1, -0.05) is 133 Å². The minimum Gasteiger partial charge on any atom is -0.453 e. The number of furan rings is 1. The van der Waals surface area contributed by atoms with Crippen molar-refractivity contribution in [3.63, 3.8) is 0 Å². The Morgan fingerprint density at radius 1 is 0.354 bits per heavy atom. The monoisotopic (exact) mass is 611 g/mol. The molecule has 10 rings (SSSR count). The number of anilines is 3. The molecule has 0 aliphatic heterocycles. The van der Waals surface area contributed by atoms with E-state index in [-0.39, 0.29) is 0 Å². The van der Waals surface area contributed by atoms with Crippen molar-refractivity contribution in [3.8, 4) is 11.1 Å². The van der Waals surface area contributed by atoms with Crippen molar-refractivity contribution in [3.05, 3.63) is 176 Å². The first kappa shape index (κ1) is 26.8. The minimum atomic E-state index is 0.879. The lowest BCUT2D eigenvalue weighted by Gasteiger charge is -2.25. The topological polar surface area (TPSA) is 16.4 Å². The molecular weight excluding hydrogens is 583 g/mol. The summed E-state index contributed by atoms with van der Waals surface area (Å²) in [5, 5.41) is 12.2. The van der Waals surface area contributed by atoms with Crippen LogP contribution in [0.1, 0.15) is 0 Å². The molecule has 0 atom stereocenters. The van der Waals surface area contributed by atoms with Crippen LogP contribution in [0.2, 0.25) is 0 Å². The van der Waals surface area contributed by atoms with Crippen LogP contribution in [-0.4, -0.2) is 0 Å². The largest absolute Gasteiger partial charge is 0.453 e. The third-order valence-corrected chi connectivity index (χ3v) is 9.81. The van der Waals surface area contributed by atoms with Crippen molar-refractivity contribution < 1.29 is 4.42 Å². The fourth-order valence-corrected chi connectivity index (χ4v) is 7.60. The first-order valence-electron chi connectivity index (χ1n) is 16.4. The Kier molecular flexibility index (Phi) is 5.91. The van der Waals surface area contributed by atoms with Gasteiger partial charge in [-0.2, -0.15) is 0 Å². The summed E-state index contributed by atoms with van der Waals surface area (Å²) in [4.78, 5) is 2.31. The average Bonchev–Trinajstić information content (AvgIpc) is 3.55. The van der Waals surface area contributed by atoms with Gasteiger partial charge in [0.15, 0.2) is 5.58 Å². The molecule has 0 radical (unpaired) electrons. The van der Waals surface area contributed by atoms with E-state index >= 15 is 0 Å². The van der Waals surface area contributed by atoms with E-state index in [0.717, 1.165) is 44.4 Å². The predicted octanol–water partition coefficient (Wildman–Crippen LogP) is 13.3. The second-order valence-electron chi connectivity index (χ2n) is 12.5. The zero-order valence-corrected chi connectivity index (χ0v) is 26.1. The second kappa shape index (κ2) is 10.6. The van der Waals surface area contributed by atoms with Crippen LogP contribution in [0.3, 0.4) is 0 Å². The number of hydrogen-bond donors (Lipinski definition) is 0. The Morgan fingerprint density at radius 2 is 0.938 bits per heavy atom. The third-order valence-electron chi connectivity index (χ3n) is 9.81. The number of para-hydroxylation sites is 2. The number of rotatable bonds is 4. The van der Waals surface area contributed by atoms with Gasteiger partial charge in [0.2, 0.25) is 0 Å². The SMILES string of the molecule is c1ccc(N(c2ccc(-c3cc4ccc5ccccc5c4c4ccccc34)cc2)c2cccc3c2oc2c4ccccc4ccc32)cc1. The molecule has 1 heterocycles. The van der Waals surface area contributed by atoms with Crippen molar-refractivity contribution in [2.75, 3.05) is 4.90 Å². The smallest absolute Gasteiger partial charge is 0.159 e. The Hall–Kier alpha value is -6.38. The molecule has 0 amide bonds. The molecule has 0 fully saturated rings. The molecule has 48 heavy (non-hydrogen) atoms. The highest BCUT2D eigenvalue weighted by molar-refractivity contribution is 6.23. The van der Waals surface area contributed by atoms with E-state index < -0.39 is 0 Å². The summed E-state index contributed by atoms with van der Waals surface area (Å²) in [6, 6.07) is 63.2. The highest BCUT2D eigenvalue weighted by Gasteiger charge is 2.20. The van der Waals surface area contributed by atoms with Gasteiger partial charge in [0.05, 0.1) is 5.69 Å². The molecule has 0 N–H and O–H groups in total. The molecule has 0 saturated carbocycles. The Labute approximate surface area is 277 Å². The Balaban J connectivity index is 1.16. The number of benzene rings is 9. The fourth-order valence-electron chi connectivity index (χ4n) is 7.60. The molecule has 0 aliphatic rings. The molecule has 0 saturated heterocycles. The van der Waals surface area contributed by atoms with Crippen LogP contribution in [0.15, 0.2) is 180 Å². The summed E-state index contributed by atoms with van der Waals surface area (Å²) in [7, 11) is 0. The lowest BCUT2D eigenvalue weighted by Crippen LogP contribution is -2.10. The van der Waals surface area contributed by atoms with Crippen LogP contribution in [0, 0.1) is 0 Å². The van der Waals surface area contributed by atoms with Crippen LogP contribution >= 0.6 is 0 Å². The molecule has 0 spiro atoms. The maximum atomic E-state index is 6.79. The van der Waals surface area contributed by atoms with Crippen LogP contribution in [-0.2, 0) is 0 Å². The predicted molar refractivity (Wildman–Crippen MR) is 204 cm³/mol. The minimum absolute atomic E-state index is 0.879. The first-order valence-corrected chi connectivity index (χ1v) is 16.4. The van der Waals surface area contributed by atoms with Crippen LogP contribution in [0.4, 0.5) is 17.1 Å². The quantitative estimate of drug-likeness (QED) is 0.184. The fraction of sp³-hybridized carbons (Fsp3) is 0. The summed E-state index contributed by atoms with van der Waals surface area (Å²) < 4.78 is 6.79. The molecule has 0 aliphatic carbocycles. The standard InChI is InChI=1S/C46H29NO/c1-2-13-34(14-3-1)47(43-20-10-19-40-41-28-25-31-12-5-7-16-37(31)45(41)48-46(40)43)35-26-23-32(24-27-35)42-29-33-22-21-30-11-4-6-15-36(30)44(33)39-18-9-8-17-38(39)42/h1-29H. The van der Waals surface area contributed by atoms with E-state index in [9.17, 15) is 0 Å². The van der Waals surface area contributed by atoms with Crippen molar-refractivity contribution >= 4 is 82.1 Å². The van der Waals surface area contributed by atoms with Gasteiger partial charge < -0.3 is 9.32 Å². The summed E-state index contributed by atoms with van der Waals surface area (Å²) in [5.41, 5.74) is 7.38. The van der Waals surface area contributed by atoms with E-state index in [4.69, 9.17) is 4.42 Å². The molecule has 10 aromatic rings. The van der Waals surface area contributed by atoms with Crippen molar-refractivity contribution in [1.29, 1.82) is 0 Å². The van der Waals surface area contributed by atoms with Gasteiger partial charge in [-0.05, 0) is 91.3 Å². The van der Waals surface area contributed by atoms with E-state index in [2.05, 4.69) is 181 Å². The third kappa shape index (κ3) is 4.06. The number of nitrogens with zero attached hydrogens (tertiary/aromatic N) is 1. The van der Waals surface area contributed by atoms with Crippen LogP contribution in [0.5, 0.6) is 0 Å². The van der Waals surface area contributed by atoms with Gasteiger partial charge in [-0.3, -0.25) is 0 Å². The molecule has 0 bridgehead atoms. The lowest BCUT2D eigenvalue weighted by atomic mass is 9.91. The molecule has 224 valence electrons. The molecule has 2 heteroatoms. The maximum absolute atomic E-state index is 6.79. The lowest BCUT2D eigenvalue weighted by molar-refractivity contribution is 0.673. The van der Waals surface area contributed by atoms with E-state index in [1.807, 2.05) is 0 Å². The van der Waals surface area contributed by atoms with Crippen molar-refractivity contribution in [2.24, 2.45) is 0 Å². The normalized spacial score (nSPS) is 11.8. The van der Waals surface area contributed by atoms with Crippen LogP contribution < -0.4 is 4.90 Å². The number of fused-ring (bicyclic) bond motifs is 10. The summed E-state index contributed by atoms with van der Waals surface area (Å²) >= 11 is 0.